The Labute approximate surface area is 75.6 Å². The maximum Gasteiger partial charge on any atom is -0.0133 e. The molecular weight excluding hydrogens is 144 g/mol. The zero-order valence-corrected chi connectivity index (χ0v) is 8.25. The molecule has 1 saturated carbocycles. The molecule has 0 aliphatic heterocycles. The van der Waals surface area contributed by atoms with Crippen molar-refractivity contribution in [2.24, 2.45) is 5.92 Å². The Kier molecular flexibility index (Phi) is 3.33. The van der Waals surface area contributed by atoms with Crippen LogP contribution in [-0.2, 0) is 0 Å². The highest BCUT2D eigenvalue weighted by molar-refractivity contribution is 5.24. The minimum absolute atomic E-state index is 0.876. The molecule has 2 rings (SSSR count). The molecule has 1 fully saturated rings. The fourth-order valence-corrected chi connectivity index (χ4v) is 1.49. The lowest BCUT2D eigenvalue weighted by Gasteiger charge is -1.94. The molecule has 12 heavy (non-hydrogen) atoms. The molecule has 1 unspecified atom stereocenters. The van der Waals surface area contributed by atoms with Gasteiger partial charge in [-0.15, -0.1) is 0 Å². The molecule has 66 valence electrons. The second-order valence-corrected chi connectivity index (χ2v) is 3.23. The molecule has 0 heteroatoms. The van der Waals surface area contributed by atoms with Crippen LogP contribution < -0.4 is 0 Å². The standard InChI is InChI=1S/C10H12.C2H6/c1-8-7-10(8)9-5-3-2-4-6-9;1-2/h2-6,8,10H,7H2,1H3;1-2H3/t8-,10?;/m0./s1. The third-order valence-electron chi connectivity index (χ3n) is 2.34. The molecular formula is C12H18. The molecule has 1 aliphatic rings. The van der Waals surface area contributed by atoms with Crippen molar-refractivity contribution in [2.45, 2.75) is 33.1 Å². The van der Waals surface area contributed by atoms with E-state index in [9.17, 15) is 0 Å². The van der Waals surface area contributed by atoms with E-state index in [0.717, 1.165) is 11.8 Å². The van der Waals surface area contributed by atoms with Crippen LogP contribution in [0.1, 0.15) is 38.7 Å². The van der Waals surface area contributed by atoms with Crippen molar-refractivity contribution in [3.8, 4) is 0 Å². The van der Waals surface area contributed by atoms with Crippen molar-refractivity contribution in [3.05, 3.63) is 35.9 Å². The highest BCUT2D eigenvalue weighted by Gasteiger charge is 2.33. The van der Waals surface area contributed by atoms with Crippen LogP contribution in [0.3, 0.4) is 0 Å². The van der Waals surface area contributed by atoms with E-state index in [0.29, 0.717) is 0 Å². The zero-order chi connectivity index (χ0) is 8.97. The molecule has 1 aromatic carbocycles. The monoisotopic (exact) mass is 162 g/mol. The van der Waals surface area contributed by atoms with Crippen molar-refractivity contribution in [1.29, 1.82) is 0 Å². The predicted octanol–water partition coefficient (Wildman–Crippen LogP) is 3.84. The highest BCUT2D eigenvalue weighted by atomic mass is 14.4. The average Bonchev–Trinajstić information content (AvgIpc) is 2.88. The summed E-state index contributed by atoms with van der Waals surface area (Å²) in [5.74, 6) is 1.81. The van der Waals surface area contributed by atoms with Crippen LogP contribution in [0.15, 0.2) is 30.3 Å². The molecule has 0 heterocycles. The number of rotatable bonds is 1. The van der Waals surface area contributed by atoms with Crippen LogP contribution in [0, 0.1) is 5.92 Å². The lowest BCUT2D eigenvalue weighted by Crippen LogP contribution is -1.77. The van der Waals surface area contributed by atoms with Crippen molar-refractivity contribution in [2.75, 3.05) is 0 Å². The third-order valence-corrected chi connectivity index (χ3v) is 2.34. The van der Waals surface area contributed by atoms with E-state index in [1.54, 1.807) is 0 Å². The van der Waals surface area contributed by atoms with Crippen molar-refractivity contribution >= 4 is 0 Å². The second-order valence-electron chi connectivity index (χ2n) is 3.23. The largest absolute Gasteiger partial charge is 0.0683 e. The molecule has 1 aliphatic carbocycles. The topological polar surface area (TPSA) is 0 Å². The molecule has 0 bridgehead atoms. The normalized spacial score (nSPS) is 25.6. The predicted molar refractivity (Wildman–Crippen MR) is 54.3 cm³/mol. The summed E-state index contributed by atoms with van der Waals surface area (Å²) in [5.41, 5.74) is 1.52. The summed E-state index contributed by atoms with van der Waals surface area (Å²) >= 11 is 0. The van der Waals surface area contributed by atoms with Crippen molar-refractivity contribution in [1.82, 2.24) is 0 Å². The van der Waals surface area contributed by atoms with E-state index in [1.165, 1.54) is 12.0 Å². The van der Waals surface area contributed by atoms with Crippen LogP contribution in [-0.4, -0.2) is 0 Å². The molecule has 0 spiro atoms. The summed E-state index contributed by atoms with van der Waals surface area (Å²) in [7, 11) is 0. The first-order valence-electron chi connectivity index (χ1n) is 4.93. The lowest BCUT2D eigenvalue weighted by molar-refractivity contribution is 0.915. The Bertz CT molecular complexity index is 213. The van der Waals surface area contributed by atoms with Crippen LogP contribution in [0.5, 0.6) is 0 Å². The van der Waals surface area contributed by atoms with Gasteiger partial charge < -0.3 is 0 Å². The Balaban J connectivity index is 0.000000336. The zero-order valence-electron chi connectivity index (χ0n) is 8.25. The molecule has 0 aromatic heterocycles. The molecule has 0 radical (unpaired) electrons. The van der Waals surface area contributed by atoms with Gasteiger partial charge in [-0.25, -0.2) is 0 Å². The summed E-state index contributed by atoms with van der Waals surface area (Å²) < 4.78 is 0. The van der Waals surface area contributed by atoms with Crippen LogP contribution in [0.25, 0.3) is 0 Å². The van der Waals surface area contributed by atoms with E-state index in [1.807, 2.05) is 13.8 Å². The highest BCUT2D eigenvalue weighted by Crippen LogP contribution is 2.46. The smallest absolute Gasteiger partial charge is 0.0133 e. The first-order chi connectivity index (χ1) is 5.88. The second kappa shape index (κ2) is 4.30. The molecule has 0 amide bonds. The van der Waals surface area contributed by atoms with E-state index in [4.69, 9.17) is 0 Å². The van der Waals surface area contributed by atoms with Crippen LogP contribution in [0.4, 0.5) is 0 Å². The molecule has 0 nitrogen and oxygen atoms in total. The van der Waals surface area contributed by atoms with Crippen LogP contribution in [0.2, 0.25) is 0 Å². The Hall–Kier alpha value is -0.780. The average molecular weight is 162 g/mol. The summed E-state index contributed by atoms with van der Waals surface area (Å²) in [5, 5.41) is 0. The van der Waals surface area contributed by atoms with Gasteiger partial charge in [-0.2, -0.15) is 0 Å². The lowest BCUT2D eigenvalue weighted by atomic mass is 10.1. The van der Waals surface area contributed by atoms with E-state index >= 15 is 0 Å². The third kappa shape index (κ3) is 2.10. The minimum atomic E-state index is 0.876. The maximum absolute atomic E-state index is 2.32. The first kappa shape index (κ1) is 9.31. The summed E-state index contributed by atoms with van der Waals surface area (Å²) in [4.78, 5) is 0. The van der Waals surface area contributed by atoms with Gasteiger partial charge in [-0.3, -0.25) is 0 Å². The minimum Gasteiger partial charge on any atom is -0.0683 e. The summed E-state index contributed by atoms with van der Waals surface area (Å²) in [6.07, 6.45) is 1.39. The summed E-state index contributed by atoms with van der Waals surface area (Å²) in [6.45, 7) is 6.32. The quantitative estimate of drug-likeness (QED) is 0.588. The number of benzene rings is 1. The van der Waals surface area contributed by atoms with Gasteiger partial charge in [0.05, 0.1) is 0 Å². The van der Waals surface area contributed by atoms with Gasteiger partial charge in [-0.1, -0.05) is 51.1 Å². The Morgan fingerprint density at radius 1 is 1.08 bits per heavy atom. The SMILES string of the molecule is CC.C[C@H]1CC1c1ccccc1. The van der Waals surface area contributed by atoms with Gasteiger partial charge in [-0.05, 0) is 23.8 Å². The molecule has 2 atom stereocenters. The Morgan fingerprint density at radius 3 is 2.00 bits per heavy atom. The maximum atomic E-state index is 2.32. The molecule has 0 saturated heterocycles. The van der Waals surface area contributed by atoms with Gasteiger partial charge >= 0.3 is 0 Å². The molecule has 0 N–H and O–H groups in total. The van der Waals surface area contributed by atoms with Crippen molar-refractivity contribution < 1.29 is 0 Å². The number of hydrogen-bond acceptors (Lipinski definition) is 0. The van der Waals surface area contributed by atoms with E-state index in [-0.39, 0.29) is 0 Å². The Morgan fingerprint density at radius 2 is 1.58 bits per heavy atom. The molecule has 1 aromatic rings. The van der Waals surface area contributed by atoms with E-state index in [2.05, 4.69) is 37.3 Å². The van der Waals surface area contributed by atoms with Gasteiger partial charge in [0.25, 0.3) is 0 Å². The van der Waals surface area contributed by atoms with Crippen LogP contribution >= 0.6 is 0 Å². The number of hydrogen-bond donors (Lipinski definition) is 0. The fourth-order valence-electron chi connectivity index (χ4n) is 1.49. The van der Waals surface area contributed by atoms with Gasteiger partial charge in [0.15, 0.2) is 0 Å². The van der Waals surface area contributed by atoms with Gasteiger partial charge in [0, 0.05) is 0 Å². The fraction of sp³-hybridized carbons (Fsp3) is 0.500. The van der Waals surface area contributed by atoms with Gasteiger partial charge in [0.1, 0.15) is 0 Å². The first-order valence-corrected chi connectivity index (χ1v) is 4.93. The summed E-state index contributed by atoms with van der Waals surface area (Å²) in [6, 6.07) is 10.8. The van der Waals surface area contributed by atoms with Gasteiger partial charge in [0.2, 0.25) is 0 Å². The van der Waals surface area contributed by atoms with Crippen molar-refractivity contribution in [3.63, 3.8) is 0 Å². The van der Waals surface area contributed by atoms with E-state index < -0.39 is 0 Å².